The van der Waals surface area contributed by atoms with E-state index in [0.29, 0.717) is 24.0 Å². The molecule has 5 rings (SSSR count). The number of thiazole rings is 1. The summed E-state index contributed by atoms with van der Waals surface area (Å²) in [5.41, 5.74) is 3.73. The highest BCUT2D eigenvalue weighted by atomic mass is 32.2. The molecule has 0 atom stereocenters. The van der Waals surface area contributed by atoms with E-state index < -0.39 is 10.0 Å². The van der Waals surface area contributed by atoms with Gasteiger partial charge in [-0.1, -0.05) is 23.4 Å². The average Bonchev–Trinajstić information content (AvgIpc) is 3.46. The fourth-order valence-electron chi connectivity index (χ4n) is 3.68. The molecule has 1 N–H and O–H groups in total. The minimum atomic E-state index is -3.72. The third-order valence-corrected chi connectivity index (χ3v) is 7.47. The van der Waals surface area contributed by atoms with Gasteiger partial charge in [0.15, 0.2) is 5.13 Å². The lowest BCUT2D eigenvalue weighted by Crippen LogP contribution is -2.30. The van der Waals surface area contributed by atoms with Crippen LogP contribution in [0.25, 0.3) is 0 Å². The number of halogens is 1. The highest BCUT2D eigenvalue weighted by Gasteiger charge is 2.23. The number of nitrogens with one attached hydrogen (secondary N) is 1. The third kappa shape index (κ3) is 4.37. The second kappa shape index (κ2) is 8.36. The minimum absolute atomic E-state index is 0.197. The molecule has 2 aromatic carbocycles. The maximum Gasteiger partial charge on any atom is 0.263 e. The van der Waals surface area contributed by atoms with Crippen LogP contribution < -0.4 is 9.62 Å². The summed E-state index contributed by atoms with van der Waals surface area (Å²) >= 11 is 1.23. The Hall–Kier alpha value is -3.24. The molecule has 7 nitrogen and oxygen atoms in total. The first-order chi connectivity index (χ1) is 15.5. The molecule has 3 heterocycles. The normalized spacial score (nSPS) is 13.7. The summed E-state index contributed by atoms with van der Waals surface area (Å²) in [6.45, 7) is 1.25. The topological polar surface area (TPSA) is 88.3 Å². The Bertz CT molecular complexity index is 1340. The summed E-state index contributed by atoms with van der Waals surface area (Å²) in [4.78, 5) is 6.22. The Morgan fingerprint density at radius 2 is 1.97 bits per heavy atom. The fraction of sp³-hybridized carbons (Fsp3) is 0.182. The number of fused-ring (bicyclic) bond motifs is 1. The monoisotopic (exact) mass is 470 g/mol. The van der Waals surface area contributed by atoms with Crippen LogP contribution in [0, 0.1) is 5.82 Å². The summed E-state index contributed by atoms with van der Waals surface area (Å²) in [5, 5.41) is 6.19. The maximum atomic E-state index is 13.1. The van der Waals surface area contributed by atoms with E-state index >= 15 is 0 Å². The highest BCUT2D eigenvalue weighted by Crippen LogP contribution is 2.28. The van der Waals surface area contributed by atoms with Crippen molar-refractivity contribution in [1.29, 1.82) is 0 Å². The van der Waals surface area contributed by atoms with Crippen molar-refractivity contribution in [2.24, 2.45) is 0 Å². The summed E-state index contributed by atoms with van der Waals surface area (Å²) in [6, 6.07) is 13.4. The van der Waals surface area contributed by atoms with E-state index in [1.54, 1.807) is 35.8 Å². The molecule has 0 saturated carbocycles. The first kappa shape index (κ1) is 20.7. The van der Waals surface area contributed by atoms with Gasteiger partial charge in [-0.25, -0.2) is 17.8 Å². The fourth-order valence-corrected chi connectivity index (χ4v) is 5.52. The predicted octanol–water partition coefficient (Wildman–Crippen LogP) is 4.22. The van der Waals surface area contributed by atoms with Crippen molar-refractivity contribution in [1.82, 2.24) is 10.1 Å². The molecule has 0 spiro atoms. The number of nitrogens with zero attached hydrogens (tertiary/aromatic N) is 3. The zero-order valence-electron chi connectivity index (χ0n) is 16.9. The number of hydrogen-bond donors (Lipinski definition) is 1. The molecule has 0 unspecified atom stereocenters. The van der Waals surface area contributed by atoms with Gasteiger partial charge in [-0.3, -0.25) is 4.72 Å². The van der Waals surface area contributed by atoms with Crippen molar-refractivity contribution in [2.75, 3.05) is 16.2 Å². The first-order valence-corrected chi connectivity index (χ1v) is 12.3. The van der Waals surface area contributed by atoms with Crippen molar-refractivity contribution >= 4 is 32.4 Å². The standard InChI is InChI=1S/C22H19FN4O3S2/c23-18-4-1-15(2-5-18)11-19-13-21(30-25-19)27-9-7-16-3-6-20(12-17(16)14-27)32(28,29)26-22-24-8-10-31-22/h1-6,8,10,12-13H,7,9,11,14H2,(H,24,26). The number of aromatic nitrogens is 2. The smallest absolute Gasteiger partial charge is 0.263 e. The van der Waals surface area contributed by atoms with E-state index in [0.717, 1.165) is 35.3 Å². The number of rotatable bonds is 6. The molecule has 10 heteroatoms. The van der Waals surface area contributed by atoms with Crippen LogP contribution in [0.15, 0.2) is 69.5 Å². The molecule has 1 aliphatic heterocycles. The van der Waals surface area contributed by atoms with Crippen molar-refractivity contribution in [3.63, 3.8) is 0 Å². The quantitative estimate of drug-likeness (QED) is 0.454. The molecule has 4 aromatic rings. The van der Waals surface area contributed by atoms with E-state index in [1.807, 2.05) is 17.0 Å². The van der Waals surface area contributed by atoms with Crippen LogP contribution in [0.5, 0.6) is 0 Å². The second-order valence-electron chi connectivity index (χ2n) is 7.50. The lowest BCUT2D eigenvalue weighted by Gasteiger charge is -2.28. The van der Waals surface area contributed by atoms with E-state index in [1.165, 1.54) is 23.5 Å². The Morgan fingerprint density at radius 1 is 1.12 bits per heavy atom. The summed E-state index contributed by atoms with van der Waals surface area (Å²) in [5.74, 6) is 0.353. The van der Waals surface area contributed by atoms with Crippen LogP contribution in [-0.4, -0.2) is 25.1 Å². The lowest BCUT2D eigenvalue weighted by atomic mass is 10.00. The van der Waals surface area contributed by atoms with Crippen LogP contribution in [0.3, 0.4) is 0 Å². The number of hydrogen-bond acceptors (Lipinski definition) is 7. The second-order valence-corrected chi connectivity index (χ2v) is 10.1. The molecular weight excluding hydrogens is 451 g/mol. The van der Waals surface area contributed by atoms with Gasteiger partial charge >= 0.3 is 0 Å². The molecule has 1 aliphatic rings. The minimum Gasteiger partial charge on any atom is -0.338 e. The SMILES string of the molecule is O=S(=O)(Nc1nccs1)c1ccc2c(c1)CN(c1cc(Cc3ccc(F)cc3)no1)CC2. The molecule has 0 saturated heterocycles. The molecule has 164 valence electrons. The van der Waals surface area contributed by atoms with E-state index in [9.17, 15) is 12.8 Å². The molecule has 0 fully saturated rings. The molecule has 0 amide bonds. The van der Waals surface area contributed by atoms with Crippen molar-refractivity contribution in [3.05, 3.63) is 88.3 Å². The Morgan fingerprint density at radius 3 is 2.75 bits per heavy atom. The first-order valence-electron chi connectivity index (χ1n) is 9.95. The van der Waals surface area contributed by atoms with Gasteiger partial charge in [0.1, 0.15) is 5.82 Å². The van der Waals surface area contributed by atoms with Crippen LogP contribution in [0.2, 0.25) is 0 Å². The maximum absolute atomic E-state index is 13.1. The average molecular weight is 471 g/mol. The molecule has 0 radical (unpaired) electrons. The number of benzene rings is 2. The van der Waals surface area contributed by atoms with Gasteiger partial charge in [-0.15, -0.1) is 11.3 Å². The highest BCUT2D eigenvalue weighted by molar-refractivity contribution is 7.93. The predicted molar refractivity (Wildman–Crippen MR) is 120 cm³/mol. The lowest BCUT2D eigenvalue weighted by molar-refractivity contribution is 0.406. The van der Waals surface area contributed by atoms with Crippen molar-refractivity contribution in [2.45, 2.75) is 24.3 Å². The van der Waals surface area contributed by atoms with Gasteiger partial charge in [0.25, 0.3) is 10.0 Å². The summed E-state index contributed by atoms with van der Waals surface area (Å²) in [7, 11) is -3.72. The summed E-state index contributed by atoms with van der Waals surface area (Å²) in [6.07, 6.45) is 2.86. The summed E-state index contributed by atoms with van der Waals surface area (Å²) < 4.78 is 46.6. The number of anilines is 2. The zero-order chi connectivity index (χ0) is 22.1. The Kier molecular flexibility index (Phi) is 5.40. The van der Waals surface area contributed by atoms with Gasteiger partial charge in [-0.05, 0) is 47.4 Å². The van der Waals surface area contributed by atoms with E-state index in [2.05, 4.69) is 14.9 Å². The van der Waals surface area contributed by atoms with E-state index in [4.69, 9.17) is 4.52 Å². The molecule has 0 bridgehead atoms. The largest absolute Gasteiger partial charge is 0.338 e. The van der Waals surface area contributed by atoms with E-state index in [-0.39, 0.29) is 10.7 Å². The molecule has 2 aromatic heterocycles. The van der Waals surface area contributed by atoms with Crippen LogP contribution >= 0.6 is 11.3 Å². The van der Waals surface area contributed by atoms with Crippen LogP contribution in [0.1, 0.15) is 22.4 Å². The Labute approximate surface area is 188 Å². The Balaban J connectivity index is 1.32. The number of sulfonamides is 1. The van der Waals surface area contributed by atoms with Crippen molar-refractivity contribution in [3.8, 4) is 0 Å². The van der Waals surface area contributed by atoms with Crippen molar-refractivity contribution < 1.29 is 17.3 Å². The van der Waals surface area contributed by atoms with Gasteiger partial charge < -0.3 is 9.42 Å². The zero-order valence-corrected chi connectivity index (χ0v) is 18.5. The van der Waals surface area contributed by atoms with Gasteiger partial charge in [0.2, 0.25) is 5.88 Å². The third-order valence-electron chi connectivity index (χ3n) is 5.31. The molecule has 0 aliphatic carbocycles. The molecule has 32 heavy (non-hydrogen) atoms. The molecular formula is C22H19FN4O3S2. The van der Waals surface area contributed by atoms with Crippen LogP contribution in [0.4, 0.5) is 15.4 Å². The van der Waals surface area contributed by atoms with Gasteiger partial charge in [0, 0.05) is 37.2 Å². The van der Waals surface area contributed by atoms with Crippen LogP contribution in [-0.2, 0) is 29.4 Å². The van der Waals surface area contributed by atoms with Gasteiger partial charge in [0.05, 0.1) is 10.6 Å². The van der Waals surface area contributed by atoms with Gasteiger partial charge in [-0.2, -0.15) is 0 Å².